The highest BCUT2D eigenvalue weighted by molar-refractivity contribution is 5.89. The second-order valence-corrected chi connectivity index (χ2v) is 9.86. The largest absolute Gasteiger partial charge is 0.353 e. The molecule has 5 aliphatic rings. The Morgan fingerprint density at radius 1 is 1.20 bits per heavy atom. The molecule has 140 valence electrons. The maximum atomic E-state index is 12.8. The molecule has 5 nitrogen and oxygen atoms in total. The average molecular weight is 348 g/mol. The van der Waals surface area contributed by atoms with E-state index >= 15 is 0 Å². The van der Waals surface area contributed by atoms with Crippen LogP contribution in [0.25, 0.3) is 0 Å². The fraction of sp³-hybridized carbons (Fsp3) is 0.900. The first-order valence-electron chi connectivity index (χ1n) is 10.1. The second-order valence-electron chi connectivity index (χ2n) is 9.86. The summed E-state index contributed by atoms with van der Waals surface area (Å²) < 4.78 is 0. The van der Waals surface area contributed by atoms with Gasteiger partial charge in [0.1, 0.15) is 0 Å². The van der Waals surface area contributed by atoms with Crippen LogP contribution in [0, 0.1) is 23.2 Å². The molecule has 25 heavy (non-hydrogen) atoms. The molecule has 5 fully saturated rings. The maximum absolute atomic E-state index is 12.8. The van der Waals surface area contributed by atoms with E-state index in [-0.39, 0.29) is 35.2 Å². The molecule has 4 aliphatic carbocycles. The SMILES string of the molecule is CN1CCNC(=O)[C@H]1CC(=O)NC(C)(C)C12CC3CC(CC(C3)C1)C2. The van der Waals surface area contributed by atoms with Gasteiger partial charge >= 0.3 is 0 Å². The van der Waals surface area contributed by atoms with Gasteiger partial charge in [0.2, 0.25) is 11.8 Å². The van der Waals surface area contributed by atoms with E-state index in [4.69, 9.17) is 0 Å². The molecule has 0 aromatic carbocycles. The Kier molecular flexibility index (Phi) is 4.13. The number of nitrogens with zero attached hydrogens (tertiary/aromatic N) is 1. The molecule has 2 amide bonds. The van der Waals surface area contributed by atoms with Gasteiger partial charge in [-0.05, 0) is 82.6 Å². The van der Waals surface area contributed by atoms with Gasteiger partial charge in [0.15, 0.2) is 0 Å². The van der Waals surface area contributed by atoms with Gasteiger partial charge in [0, 0.05) is 18.6 Å². The molecule has 0 radical (unpaired) electrons. The molecule has 0 aromatic rings. The van der Waals surface area contributed by atoms with Gasteiger partial charge in [-0.3, -0.25) is 14.5 Å². The summed E-state index contributed by atoms with van der Waals surface area (Å²) in [5, 5.41) is 6.23. The number of carbonyl (C=O) groups excluding carboxylic acids is 2. The van der Waals surface area contributed by atoms with Crippen LogP contribution in [0.3, 0.4) is 0 Å². The predicted octanol–water partition coefficient (Wildman–Crippen LogP) is 1.92. The van der Waals surface area contributed by atoms with Gasteiger partial charge in [-0.25, -0.2) is 0 Å². The normalized spacial score (nSPS) is 40.8. The molecule has 1 heterocycles. The van der Waals surface area contributed by atoms with Gasteiger partial charge in [-0.15, -0.1) is 0 Å². The van der Waals surface area contributed by atoms with E-state index in [1.165, 1.54) is 38.5 Å². The fourth-order valence-corrected chi connectivity index (χ4v) is 6.66. The molecule has 1 saturated heterocycles. The van der Waals surface area contributed by atoms with Crippen LogP contribution < -0.4 is 10.6 Å². The molecular formula is C20H33N3O2. The number of piperazine rings is 1. The summed E-state index contributed by atoms with van der Waals surface area (Å²) in [6.45, 7) is 5.93. The van der Waals surface area contributed by atoms with E-state index < -0.39 is 0 Å². The van der Waals surface area contributed by atoms with Crippen molar-refractivity contribution in [3.63, 3.8) is 0 Å². The van der Waals surface area contributed by atoms with Crippen LogP contribution in [0.4, 0.5) is 0 Å². The third-order valence-electron chi connectivity index (χ3n) is 7.79. The number of amides is 2. The summed E-state index contributed by atoms with van der Waals surface area (Å²) in [4.78, 5) is 26.9. The van der Waals surface area contributed by atoms with Crippen molar-refractivity contribution >= 4 is 11.8 Å². The molecule has 0 unspecified atom stereocenters. The number of hydrogen-bond donors (Lipinski definition) is 2. The lowest BCUT2D eigenvalue weighted by molar-refractivity contribution is -0.138. The van der Waals surface area contributed by atoms with E-state index in [1.807, 2.05) is 11.9 Å². The number of nitrogens with one attached hydrogen (secondary N) is 2. The summed E-state index contributed by atoms with van der Waals surface area (Å²) in [6.07, 6.45) is 8.32. The zero-order valence-corrected chi connectivity index (χ0v) is 15.9. The van der Waals surface area contributed by atoms with Crippen LogP contribution in [-0.2, 0) is 9.59 Å². The Morgan fingerprint density at radius 2 is 1.76 bits per heavy atom. The highest BCUT2D eigenvalue weighted by Crippen LogP contribution is 2.63. The molecule has 5 rings (SSSR count). The molecule has 0 aromatic heterocycles. The second kappa shape index (κ2) is 5.97. The van der Waals surface area contributed by atoms with Gasteiger partial charge in [0.05, 0.1) is 12.5 Å². The molecule has 1 atom stereocenters. The van der Waals surface area contributed by atoms with Crippen molar-refractivity contribution in [3.8, 4) is 0 Å². The quantitative estimate of drug-likeness (QED) is 0.817. The molecule has 4 bridgehead atoms. The van der Waals surface area contributed by atoms with Crippen molar-refractivity contribution in [3.05, 3.63) is 0 Å². The maximum Gasteiger partial charge on any atom is 0.237 e. The van der Waals surface area contributed by atoms with E-state index in [0.29, 0.717) is 6.54 Å². The minimum atomic E-state index is -0.332. The summed E-state index contributed by atoms with van der Waals surface area (Å²) in [6, 6.07) is -0.332. The van der Waals surface area contributed by atoms with E-state index in [2.05, 4.69) is 24.5 Å². The Labute approximate surface area is 151 Å². The molecule has 2 N–H and O–H groups in total. The zero-order valence-electron chi connectivity index (χ0n) is 15.9. The van der Waals surface area contributed by atoms with E-state index in [0.717, 1.165) is 24.3 Å². The van der Waals surface area contributed by atoms with Crippen molar-refractivity contribution in [2.75, 3.05) is 20.1 Å². The average Bonchev–Trinajstić information content (AvgIpc) is 2.49. The summed E-state index contributed by atoms with van der Waals surface area (Å²) in [5.74, 6) is 2.62. The van der Waals surface area contributed by atoms with Crippen molar-refractivity contribution in [1.82, 2.24) is 15.5 Å². The monoisotopic (exact) mass is 347 g/mol. The first-order valence-corrected chi connectivity index (χ1v) is 10.1. The molecule has 4 saturated carbocycles. The lowest BCUT2D eigenvalue weighted by Gasteiger charge is -2.62. The number of likely N-dealkylation sites (N-methyl/N-ethyl adjacent to an activating group) is 1. The molecule has 0 spiro atoms. The molecular weight excluding hydrogens is 314 g/mol. The van der Waals surface area contributed by atoms with Crippen LogP contribution in [0.1, 0.15) is 58.8 Å². The third-order valence-corrected chi connectivity index (χ3v) is 7.79. The Bertz CT molecular complexity index is 536. The third kappa shape index (κ3) is 2.98. The van der Waals surface area contributed by atoms with Gasteiger partial charge in [0.25, 0.3) is 0 Å². The molecule has 1 aliphatic heterocycles. The van der Waals surface area contributed by atoms with Crippen molar-refractivity contribution < 1.29 is 9.59 Å². The van der Waals surface area contributed by atoms with E-state index in [9.17, 15) is 9.59 Å². The Balaban J connectivity index is 1.44. The highest BCUT2D eigenvalue weighted by Gasteiger charge is 2.57. The minimum absolute atomic E-state index is 0.0171. The van der Waals surface area contributed by atoms with E-state index in [1.54, 1.807) is 0 Å². The molecule has 5 heteroatoms. The van der Waals surface area contributed by atoms with Crippen molar-refractivity contribution in [1.29, 1.82) is 0 Å². The Morgan fingerprint density at radius 3 is 2.28 bits per heavy atom. The first kappa shape index (κ1) is 17.3. The predicted molar refractivity (Wildman–Crippen MR) is 96.9 cm³/mol. The summed E-state index contributed by atoms with van der Waals surface area (Å²) in [5.41, 5.74) is 0.0714. The Hall–Kier alpha value is -1.10. The van der Waals surface area contributed by atoms with Gasteiger partial charge < -0.3 is 10.6 Å². The van der Waals surface area contributed by atoms with Gasteiger partial charge in [-0.2, -0.15) is 0 Å². The standard InChI is InChI=1S/C20H33N3O2/c1-19(2,20-10-13-6-14(11-20)8-15(7-13)12-20)22-17(24)9-16-18(25)21-4-5-23(16)3/h13-16H,4-12H2,1-3H3,(H,21,25)(H,22,24)/t13?,14?,15?,16-,20?/m1/s1. The van der Waals surface area contributed by atoms with Crippen LogP contribution in [0.5, 0.6) is 0 Å². The zero-order chi connectivity index (χ0) is 17.8. The lowest BCUT2D eigenvalue weighted by Crippen LogP contribution is -2.63. The minimum Gasteiger partial charge on any atom is -0.353 e. The summed E-state index contributed by atoms with van der Waals surface area (Å²) >= 11 is 0. The lowest BCUT2D eigenvalue weighted by atomic mass is 9.45. The highest BCUT2D eigenvalue weighted by atomic mass is 16.2. The summed E-state index contributed by atoms with van der Waals surface area (Å²) in [7, 11) is 1.93. The number of rotatable bonds is 4. The van der Waals surface area contributed by atoms with Crippen LogP contribution in [0.2, 0.25) is 0 Å². The van der Waals surface area contributed by atoms with Crippen molar-refractivity contribution in [2.45, 2.75) is 70.4 Å². The smallest absolute Gasteiger partial charge is 0.237 e. The fourth-order valence-electron chi connectivity index (χ4n) is 6.66. The van der Waals surface area contributed by atoms with Crippen LogP contribution in [0.15, 0.2) is 0 Å². The van der Waals surface area contributed by atoms with Crippen LogP contribution >= 0.6 is 0 Å². The van der Waals surface area contributed by atoms with Gasteiger partial charge in [-0.1, -0.05) is 0 Å². The number of hydrogen-bond acceptors (Lipinski definition) is 3. The first-order chi connectivity index (χ1) is 11.8. The van der Waals surface area contributed by atoms with Crippen molar-refractivity contribution in [2.24, 2.45) is 23.2 Å². The topological polar surface area (TPSA) is 61.4 Å². The van der Waals surface area contributed by atoms with Crippen LogP contribution in [-0.4, -0.2) is 48.4 Å². The number of carbonyl (C=O) groups is 2.